The Kier molecular flexibility index (Phi) is 83.3. The second-order valence-corrected chi connectivity index (χ2v) is 20.9. The Hall–Kier alpha value is -7.68. The van der Waals surface area contributed by atoms with Gasteiger partial charge in [-0.25, -0.2) is 0 Å². The summed E-state index contributed by atoms with van der Waals surface area (Å²) in [5.41, 5.74) is 26.6. The van der Waals surface area contributed by atoms with Crippen molar-refractivity contribution in [3.63, 3.8) is 0 Å². The van der Waals surface area contributed by atoms with Gasteiger partial charge in [-0.1, -0.05) is 434 Å². The Morgan fingerprint density at radius 1 is 0.327 bits per heavy atom. The molecular formula is C105H166N2. The smallest absolute Gasteiger partial charge is 0.0661 e. The number of nitrogens with zero attached hydrogens (tertiary/aromatic N) is 2. The highest BCUT2D eigenvalue weighted by atomic mass is 14.7. The molecule has 2 nitrogen and oxygen atoms in total. The quantitative estimate of drug-likeness (QED) is 0.200. The number of aliphatic imine (C=N–C) groups is 2. The van der Waals surface area contributed by atoms with E-state index in [1.165, 1.54) is 121 Å². The van der Waals surface area contributed by atoms with E-state index in [9.17, 15) is 0 Å². The van der Waals surface area contributed by atoms with Crippen LogP contribution in [0.5, 0.6) is 0 Å². The minimum atomic E-state index is 0.648. The fourth-order valence-electron chi connectivity index (χ4n) is 11.9. The van der Waals surface area contributed by atoms with Gasteiger partial charge in [-0.3, -0.25) is 9.98 Å². The first-order chi connectivity index (χ1) is 53.2. The summed E-state index contributed by atoms with van der Waals surface area (Å²) in [5.74, 6) is 1.37. The minimum Gasteiger partial charge on any atom is -0.261 e. The molecule has 3 aromatic carbocycles. The molecule has 0 bridgehead atoms. The molecule has 2 heteroatoms. The van der Waals surface area contributed by atoms with Gasteiger partial charge in [0.1, 0.15) is 0 Å². The summed E-state index contributed by atoms with van der Waals surface area (Å²) in [6.45, 7) is 64.0. The molecule has 2 unspecified atom stereocenters. The third kappa shape index (κ3) is 41.5. The summed E-state index contributed by atoms with van der Waals surface area (Å²) in [4.78, 5) is 8.35. The predicted molar refractivity (Wildman–Crippen MR) is 502 cm³/mol. The summed E-state index contributed by atoms with van der Waals surface area (Å²) in [5, 5.41) is 0. The van der Waals surface area contributed by atoms with E-state index in [1.54, 1.807) is 39.0 Å². The number of hydrogen-bond donors (Lipinski definition) is 0. The monoisotopic (exact) mass is 1460 g/mol. The Bertz CT molecular complexity index is 3130. The first-order valence-electron chi connectivity index (χ1n) is 43.9. The molecular weight excluding hydrogens is 1290 g/mol. The molecule has 0 saturated heterocycles. The van der Waals surface area contributed by atoms with Crippen molar-refractivity contribution in [2.75, 3.05) is 0 Å². The lowest BCUT2D eigenvalue weighted by atomic mass is 9.89. The molecule has 13 aliphatic carbocycles. The fraction of sp³-hybridized carbons (Fsp3) is 0.467. The Balaban J connectivity index is -0.000000260. The summed E-state index contributed by atoms with van der Waals surface area (Å²) in [6, 6.07) is 24.9. The zero-order valence-electron chi connectivity index (χ0n) is 75.6. The topological polar surface area (TPSA) is 24.7 Å². The molecule has 0 N–H and O–H groups in total. The summed E-state index contributed by atoms with van der Waals surface area (Å²) in [6.07, 6.45) is 75.9. The highest BCUT2D eigenvalue weighted by Crippen LogP contribution is 2.44. The van der Waals surface area contributed by atoms with Crippen molar-refractivity contribution in [3.05, 3.63) is 302 Å². The van der Waals surface area contributed by atoms with Gasteiger partial charge < -0.3 is 0 Å². The zero-order chi connectivity index (χ0) is 82.4. The number of allylic oxidation sites excluding steroid dienone is 35. The third-order valence-electron chi connectivity index (χ3n) is 15.9. The molecule has 0 aromatic heterocycles. The lowest BCUT2D eigenvalue weighted by molar-refractivity contribution is 0.808. The van der Waals surface area contributed by atoms with Crippen LogP contribution in [0.1, 0.15) is 321 Å². The number of rotatable bonds is 0. The van der Waals surface area contributed by atoms with Gasteiger partial charge in [-0.2, -0.15) is 0 Å². The maximum absolute atomic E-state index is 4.17. The molecule has 0 saturated carbocycles. The molecule has 2 aliphatic heterocycles. The van der Waals surface area contributed by atoms with Gasteiger partial charge >= 0.3 is 0 Å². The van der Waals surface area contributed by atoms with Crippen LogP contribution in [0.15, 0.2) is 289 Å². The summed E-state index contributed by atoms with van der Waals surface area (Å²) in [7, 11) is 0. The van der Waals surface area contributed by atoms with Crippen molar-refractivity contribution in [3.8, 4) is 0 Å². The van der Waals surface area contributed by atoms with Crippen molar-refractivity contribution >= 4 is 29.9 Å². The van der Waals surface area contributed by atoms with Crippen LogP contribution in [0, 0.1) is 11.8 Å². The first kappa shape index (κ1) is 110. The van der Waals surface area contributed by atoms with Gasteiger partial charge in [0.15, 0.2) is 0 Å². The second kappa shape index (κ2) is 80.9. The fourth-order valence-corrected chi connectivity index (χ4v) is 11.9. The number of para-hydroxylation sites is 2. The average molecular weight is 1460 g/mol. The number of fused-ring (bicyclic) bond motifs is 8. The van der Waals surface area contributed by atoms with Gasteiger partial charge in [-0.15, -0.1) is 0 Å². The highest BCUT2D eigenvalue weighted by Gasteiger charge is 2.26. The van der Waals surface area contributed by atoms with E-state index in [0.717, 1.165) is 43.0 Å². The zero-order valence-corrected chi connectivity index (χ0v) is 75.6. The van der Waals surface area contributed by atoms with Crippen LogP contribution in [0.3, 0.4) is 0 Å². The Morgan fingerprint density at radius 3 is 1.17 bits per heavy atom. The minimum absolute atomic E-state index is 0.648. The van der Waals surface area contributed by atoms with Crippen LogP contribution in [-0.2, 0) is 19.3 Å². The van der Waals surface area contributed by atoms with Crippen molar-refractivity contribution in [1.82, 2.24) is 0 Å². The van der Waals surface area contributed by atoms with Gasteiger partial charge in [0.25, 0.3) is 0 Å². The Morgan fingerprint density at radius 2 is 0.729 bits per heavy atom. The van der Waals surface area contributed by atoms with E-state index in [-0.39, 0.29) is 0 Å². The highest BCUT2D eigenvalue weighted by molar-refractivity contribution is 5.76. The molecule has 596 valence electrons. The summed E-state index contributed by atoms with van der Waals surface area (Å²) >= 11 is 0. The van der Waals surface area contributed by atoms with E-state index in [0.29, 0.717) is 5.92 Å². The number of benzene rings is 3. The molecule has 15 aliphatic rings. The first-order valence-corrected chi connectivity index (χ1v) is 43.9. The standard InChI is InChI=1S/2C12H12.C11H10.C9H8.2C8H7N.C8H8.C5H6.16C2H6/c2*1-3-9-7-11-5-2-6-12(11)8-10(9)4-1;1-3-8-7-9-4-2-6-11(9)10(8)5-1;1-2-5-9-7-3-6-8(9)4-1;2*1-2-4-8-7(3-1)5-6-9-8;1-3-7-5-2-6-8(7)4-1;1-2-4-5-3-1;16*1-2/h1,3,6-9H,2,4-5H2;1,3,5,7-8,10H,2,4,6H2;1-4H,5-7H2;1-6H,7H2;2*1-4,6H,5H2;1-3,6H,4-5H2;1-4H,5H2;16*1-2H3. The second-order valence-electron chi connectivity index (χ2n) is 20.9. The lowest BCUT2D eigenvalue weighted by Crippen LogP contribution is -2.00. The molecule has 2 heterocycles. The molecule has 0 radical (unpaired) electrons. The number of hydrogen-bond acceptors (Lipinski definition) is 2. The van der Waals surface area contributed by atoms with Crippen molar-refractivity contribution < 1.29 is 0 Å². The van der Waals surface area contributed by atoms with E-state index < -0.39 is 0 Å². The maximum atomic E-state index is 4.17. The molecule has 0 spiro atoms. The van der Waals surface area contributed by atoms with E-state index in [4.69, 9.17) is 0 Å². The summed E-state index contributed by atoms with van der Waals surface area (Å²) < 4.78 is 0. The lowest BCUT2D eigenvalue weighted by Gasteiger charge is -2.15. The van der Waals surface area contributed by atoms with Gasteiger partial charge in [0.2, 0.25) is 0 Å². The van der Waals surface area contributed by atoms with Crippen LogP contribution in [-0.4, -0.2) is 12.4 Å². The SMILES string of the molecule is C1=CC2=C(C1)C1=C(C=CC1)C2.C1=CC2=C(C=CC2)C1.C1=CC2=CC3=CCCC3=CC2C1.C1=CC2C=C3CCC=C3C=C2C1.C1=CCC=C1.C1=Cc2ccccc2C1.C1=Nc2ccccc2C1.C1=Nc2ccccc2C1.CC.CC.CC.CC.CC.CC.CC.CC.CC.CC.CC.CC.CC.CC.CC.CC. The molecule has 0 amide bonds. The predicted octanol–water partition coefficient (Wildman–Crippen LogP) is 35.5. The molecule has 18 rings (SSSR count). The maximum Gasteiger partial charge on any atom is 0.0661 e. The van der Waals surface area contributed by atoms with E-state index in [2.05, 4.69) is 192 Å². The van der Waals surface area contributed by atoms with Crippen LogP contribution in [0.4, 0.5) is 11.4 Å². The van der Waals surface area contributed by atoms with Crippen LogP contribution in [0.25, 0.3) is 6.08 Å². The van der Waals surface area contributed by atoms with Gasteiger partial charge in [0.05, 0.1) is 11.4 Å². The van der Waals surface area contributed by atoms with Crippen molar-refractivity contribution in [2.24, 2.45) is 21.8 Å². The largest absolute Gasteiger partial charge is 0.261 e. The average Bonchev–Trinajstić information content (AvgIpc) is 1.64. The van der Waals surface area contributed by atoms with E-state index in [1.807, 2.05) is 270 Å². The molecule has 2 atom stereocenters. The Labute approximate surface area is 667 Å². The van der Waals surface area contributed by atoms with Crippen molar-refractivity contribution in [2.45, 2.75) is 318 Å². The van der Waals surface area contributed by atoms with Crippen molar-refractivity contribution in [1.29, 1.82) is 0 Å². The van der Waals surface area contributed by atoms with Gasteiger partial charge in [-0.05, 0) is 179 Å². The molecule has 0 fully saturated rings. The van der Waals surface area contributed by atoms with Crippen LogP contribution in [0.2, 0.25) is 0 Å². The van der Waals surface area contributed by atoms with E-state index >= 15 is 0 Å². The van der Waals surface area contributed by atoms with Crippen LogP contribution < -0.4 is 0 Å². The molecule has 3 aromatic rings. The van der Waals surface area contributed by atoms with Gasteiger partial charge in [0, 0.05) is 37.1 Å². The third-order valence-corrected chi connectivity index (χ3v) is 15.9. The normalized spacial score (nSPS) is 16.4. The molecule has 107 heavy (non-hydrogen) atoms. The van der Waals surface area contributed by atoms with Crippen LogP contribution >= 0.6 is 0 Å².